The molecule has 2 aromatic rings. The topological polar surface area (TPSA) is 86.3 Å². The standard InChI is InChI=1S/C25H32N2O6/c1-30-15-5-14-26-25(29)20-11-13-23(28)27(18-7-9-19(31-2)10-8-18)24(20)17-6-12-21(32-3)22(16-17)33-4/h6-10,12,16,20,24H,5,11,13-15H2,1-4H3,(H,26,29)/t20-,24+/m1/s1. The number of amides is 2. The molecule has 178 valence electrons. The zero-order valence-electron chi connectivity index (χ0n) is 19.6. The Hall–Kier alpha value is -3.26. The van der Waals surface area contributed by atoms with Crippen molar-refractivity contribution in [1.82, 2.24) is 5.32 Å². The van der Waals surface area contributed by atoms with Crippen molar-refractivity contribution in [3.05, 3.63) is 48.0 Å². The van der Waals surface area contributed by atoms with E-state index in [0.717, 1.165) is 12.0 Å². The molecular formula is C25H32N2O6. The minimum Gasteiger partial charge on any atom is -0.497 e. The van der Waals surface area contributed by atoms with Crippen LogP contribution in [0.2, 0.25) is 0 Å². The first-order valence-electron chi connectivity index (χ1n) is 11.0. The third-order valence-corrected chi connectivity index (χ3v) is 5.86. The van der Waals surface area contributed by atoms with Gasteiger partial charge in [-0.3, -0.25) is 9.59 Å². The Bertz CT molecular complexity index is 946. The Labute approximate surface area is 194 Å². The van der Waals surface area contributed by atoms with E-state index in [-0.39, 0.29) is 18.2 Å². The first-order chi connectivity index (χ1) is 16.0. The summed E-state index contributed by atoms with van der Waals surface area (Å²) in [6.07, 6.45) is 1.46. The summed E-state index contributed by atoms with van der Waals surface area (Å²) in [6, 6.07) is 12.3. The van der Waals surface area contributed by atoms with Gasteiger partial charge in [-0.25, -0.2) is 0 Å². The number of ether oxygens (including phenoxy) is 4. The number of carbonyl (C=O) groups excluding carboxylic acids is 2. The van der Waals surface area contributed by atoms with Gasteiger partial charge in [0.1, 0.15) is 5.75 Å². The molecule has 8 heteroatoms. The highest BCUT2D eigenvalue weighted by Gasteiger charge is 2.41. The lowest BCUT2D eigenvalue weighted by atomic mass is 9.83. The molecule has 2 atom stereocenters. The second-order valence-electron chi connectivity index (χ2n) is 7.80. The van der Waals surface area contributed by atoms with Gasteiger partial charge in [0.2, 0.25) is 11.8 Å². The molecule has 0 aromatic heterocycles. The molecule has 2 amide bonds. The van der Waals surface area contributed by atoms with Crippen molar-refractivity contribution >= 4 is 17.5 Å². The van der Waals surface area contributed by atoms with Crippen LogP contribution in [0.5, 0.6) is 17.2 Å². The molecule has 0 radical (unpaired) electrons. The van der Waals surface area contributed by atoms with E-state index in [1.165, 1.54) is 0 Å². The van der Waals surface area contributed by atoms with Gasteiger partial charge < -0.3 is 29.2 Å². The fraction of sp³-hybridized carbons (Fsp3) is 0.440. The molecule has 3 rings (SSSR count). The first-order valence-corrected chi connectivity index (χ1v) is 11.0. The number of benzene rings is 2. The summed E-state index contributed by atoms with van der Waals surface area (Å²) in [5, 5.41) is 3.01. The SMILES string of the molecule is COCCCNC(=O)[C@@H]1CCC(=O)N(c2ccc(OC)cc2)[C@H]1c1ccc(OC)c(OC)c1. The van der Waals surface area contributed by atoms with Crippen LogP contribution in [0.3, 0.4) is 0 Å². The van der Waals surface area contributed by atoms with Crippen LogP contribution in [0.4, 0.5) is 5.69 Å². The van der Waals surface area contributed by atoms with Crippen LogP contribution in [0.1, 0.15) is 30.9 Å². The van der Waals surface area contributed by atoms with Crippen molar-refractivity contribution in [2.45, 2.75) is 25.3 Å². The van der Waals surface area contributed by atoms with Crippen molar-refractivity contribution in [2.24, 2.45) is 5.92 Å². The summed E-state index contributed by atoms with van der Waals surface area (Å²) >= 11 is 0. The third kappa shape index (κ3) is 5.57. The minimum atomic E-state index is -0.498. The highest BCUT2D eigenvalue weighted by Crippen LogP contribution is 2.42. The molecule has 0 unspecified atom stereocenters. The highest BCUT2D eigenvalue weighted by atomic mass is 16.5. The van der Waals surface area contributed by atoms with Crippen LogP contribution in [0.25, 0.3) is 0 Å². The molecule has 1 N–H and O–H groups in total. The van der Waals surface area contributed by atoms with Crippen LogP contribution in [-0.4, -0.2) is 53.4 Å². The second kappa shape index (κ2) is 11.6. The molecule has 1 heterocycles. The highest BCUT2D eigenvalue weighted by molar-refractivity contribution is 5.97. The van der Waals surface area contributed by atoms with Crippen molar-refractivity contribution < 1.29 is 28.5 Å². The van der Waals surface area contributed by atoms with Crippen LogP contribution in [-0.2, 0) is 14.3 Å². The van der Waals surface area contributed by atoms with Crippen molar-refractivity contribution in [3.8, 4) is 17.2 Å². The average molecular weight is 457 g/mol. The largest absolute Gasteiger partial charge is 0.497 e. The lowest BCUT2D eigenvalue weighted by molar-refractivity contribution is -0.129. The molecule has 33 heavy (non-hydrogen) atoms. The summed E-state index contributed by atoms with van der Waals surface area (Å²) in [4.78, 5) is 28.1. The van der Waals surface area contributed by atoms with Crippen molar-refractivity contribution in [2.75, 3.05) is 46.5 Å². The Balaban J connectivity index is 2.01. The molecule has 1 aliphatic heterocycles. The minimum absolute atomic E-state index is 0.0385. The summed E-state index contributed by atoms with van der Waals surface area (Å²) in [7, 11) is 6.36. The van der Waals surface area contributed by atoms with Crippen LogP contribution in [0.15, 0.2) is 42.5 Å². The molecule has 0 bridgehead atoms. The van der Waals surface area contributed by atoms with Crippen LogP contribution >= 0.6 is 0 Å². The Kier molecular flexibility index (Phi) is 8.54. The molecule has 2 aromatic carbocycles. The quantitative estimate of drug-likeness (QED) is 0.552. The van der Waals surface area contributed by atoms with Gasteiger partial charge in [0, 0.05) is 32.4 Å². The van der Waals surface area contributed by atoms with Gasteiger partial charge in [0.15, 0.2) is 11.5 Å². The lowest BCUT2D eigenvalue weighted by Crippen LogP contribution is -2.48. The van der Waals surface area contributed by atoms with Gasteiger partial charge in [-0.05, 0) is 54.8 Å². The summed E-state index contributed by atoms with van der Waals surface area (Å²) in [5.74, 6) is 1.27. The number of hydrogen-bond acceptors (Lipinski definition) is 6. The maximum Gasteiger partial charge on any atom is 0.227 e. The number of methoxy groups -OCH3 is 4. The summed E-state index contributed by atoms with van der Waals surface area (Å²) in [5.41, 5.74) is 1.51. The lowest BCUT2D eigenvalue weighted by Gasteiger charge is -2.41. The Morgan fingerprint density at radius 1 is 1.00 bits per heavy atom. The number of anilines is 1. The molecule has 0 spiro atoms. The third-order valence-electron chi connectivity index (χ3n) is 5.86. The molecule has 1 aliphatic rings. The smallest absolute Gasteiger partial charge is 0.227 e. The van der Waals surface area contributed by atoms with Crippen molar-refractivity contribution in [1.29, 1.82) is 0 Å². The van der Waals surface area contributed by atoms with E-state index in [4.69, 9.17) is 18.9 Å². The van der Waals surface area contributed by atoms with E-state index in [1.807, 2.05) is 36.4 Å². The fourth-order valence-corrected chi connectivity index (χ4v) is 4.19. The van der Waals surface area contributed by atoms with Gasteiger partial charge in [-0.15, -0.1) is 0 Å². The maximum atomic E-state index is 13.2. The predicted octanol–water partition coefficient (Wildman–Crippen LogP) is 3.35. The Morgan fingerprint density at radius 3 is 2.36 bits per heavy atom. The maximum absolute atomic E-state index is 13.2. The second-order valence-corrected chi connectivity index (χ2v) is 7.80. The van der Waals surface area contributed by atoms with E-state index < -0.39 is 12.0 Å². The number of carbonyl (C=O) groups is 2. The van der Waals surface area contributed by atoms with Crippen molar-refractivity contribution in [3.63, 3.8) is 0 Å². The van der Waals surface area contributed by atoms with Gasteiger partial charge in [0.05, 0.1) is 33.3 Å². The normalized spacial score (nSPS) is 18.1. The number of piperidine rings is 1. The molecule has 0 aliphatic carbocycles. The zero-order chi connectivity index (χ0) is 23.8. The van der Waals surface area contributed by atoms with Crippen LogP contribution in [0, 0.1) is 5.92 Å². The van der Waals surface area contributed by atoms with E-state index in [2.05, 4.69) is 5.32 Å². The van der Waals surface area contributed by atoms with E-state index in [9.17, 15) is 9.59 Å². The molecule has 0 saturated carbocycles. The van der Waals surface area contributed by atoms with E-state index >= 15 is 0 Å². The predicted molar refractivity (Wildman–Crippen MR) is 125 cm³/mol. The number of nitrogens with zero attached hydrogens (tertiary/aromatic N) is 1. The van der Waals surface area contributed by atoms with Gasteiger partial charge >= 0.3 is 0 Å². The van der Waals surface area contributed by atoms with Gasteiger partial charge in [0.25, 0.3) is 0 Å². The summed E-state index contributed by atoms with van der Waals surface area (Å²) < 4.78 is 21.2. The molecule has 1 fully saturated rings. The van der Waals surface area contributed by atoms with Crippen LogP contribution < -0.4 is 24.4 Å². The first kappa shape index (κ1) is 24.4. The van der Waals surface area contributed by atoms with E-state index in [0.29, 0.717) is 42.5 Å². The number of rotatable bonds is 10. The fourth-order valence-electron chi connectivity index (χ4n) is 4.19. The number of hydrogen-bond donors (Lipinski definition) is 1. The molecule has 1 saturated heterocycles. The Morgan fingerprint density at radius 2 is 1.73 bits per heavy atom. The van der Waals surface area contributed by atoms with E-state index in [1.54, 1.807) is 39.4 Å². The van der Waals surface area contributed by atoms with Gasteiger partial charge in [-0.1, -0.05) is 6.07 Å². The average Bonchev–Trinajstić information content (AvgIpc) is 2.85. The van der Waals surface area contributed by atoms with Gasteiger partial charge in [-0.2, -0.15) is 0 Å². The summed E-state index contributed by atoms with van der Waals surface area (Å²) in [6.45, 7) is 1.08. The molecule has 8 nitrogen and oxygen atoms in total. The number of nitrogens with one attached hydrogen (secondary N) is 1. The monoisotopic (exact) mass is 456 g/mol. The zero-order valence-corrected chi connectivity index (χ0v) is 19.6. The molecular weight excluding hydrogens is 424 g/mol.